The van der Waals surface area contributed by atoms with Gasteiger partial charge in [0.15, 0.2) is 5.82 Å². The minimum atomic E-state index is -4.59. The molecule has 11 heteroatoms. The minimum Gasteiger partial charge on any atom is -0.400 e. The molecule has 0 bridgehead atoms. The van der Waals surface area contributed by atoms with Gasteiger partial charge in [-0.05, 0) is 51.2 Å². The van der Waals surface area contributed by atoms with Gasteiger partial charge in [-0.3, -0.25) is 4.79 Å². The largest absolute Gasteiger partial charge is 0.417 e. The lowest BCUT2D eigenvalue weighted by atomic mass is 9.82. The van der Waals surface area contributed by atoms with Crippen LogP contribution in [0.2, 0.25) is 0 Å². The van der Waals surface area contributed by atoms with Gasteiger partial charge in [0, 0.05) is 36.2 Å². The molecule has 1 heterocycles. The Hall–Kier alpha value is -3.50. The smallest absolute Gasteiger partial charge is 0.400 e. The molecule has 0 aliphatic heterocycles. The summed E-state index contributed by atoms with van der Waals surface area (Å²) in [7, 11) is 0. The lowest BCUT2D eigenvalue weighted by Crippen LogP contribution is -2.36. The van der Waals surface area contributed by atoms with Crippen molar-refractivity contribution in [3.05, 3.63) is 46.5 Å². The standard InChI is InChI=1S/C23H27F3N7O/c1-12-19(15-8-10-16(11-9-15)30-14(3)34)31-21(32-20(12)33-22(28)29-13(2)27)17-6-4-5-7-18(17)23(24,25)26/h4-7,15-16H,8-11H2,1-3H3,(H4-,27,28,29,30,31,32,33,34)/q-1. The zero-order chi connectivity index (χ0) is 25.0. The maximum atomic E-state index is 13.7. The van der Waals surface area contributed by atoms with Crippen LogP contribution in [0.1, 0.15) is 62.3 Å². The molecule has 1 aromatic heterocycles. The van der Waals surface area contributed by atoms with Gasteiger partial charge >= 0.3 is 6.18 Å². The van der Waals surface area contributed by atoms with E-state index < -0.39 is 17.7 Å². The predicted molar refractivity (Wildman–Crippen MR) is 125 cm³/mol. The Labute approximate surface area is 195 Å². The number of carbonyl (C=O) groups is 1. The van der Waals surface area contributed by atoms with Crippen LogP contribution in [0.4, 0.5) is 19.0 Å². The molecule has 2 aromatic rings. The summed E-state index contributed by atoms with van der Waals surface area (Å²) in [6, 6.07) is 5.15. The van der Waals surface area contributed by atoms with Crippen LogP contribution in [0.3, 0.4) is 0 Å². The molecular formula is C23H27F3N7O-. The average molecular weight is 475 g/mol. The number of aromatic nitrogens is 2. The molecule has 34 heavy (non-hydrogen) atoms. The highest BCUT2D eigenvalue weighted by molar-refractivity contribution is 6.03. The van der Waals surface area contributed by atoms with Crippen molar-refractivity contribution in [1.82, 2.24) is 15.3 Å². The molecule has 1 aliphatic carbocycles. The fourth-order valence-corrected chi connectivity index (χ4v) is 4.20. The van der Waals surface area contributed by atoms with Crippen molar-refractivity contribution in [2.24, 2.45) is 10.7 Å². The van der Waals surface area contributed by atoms with E-state index in [0.29, 0.717) is 24.1 Å². The maximum Gasteiger partial charge on any atom is 0.417 e. The number of nitrogens with two attached hydrogens (primary N) is 1. The number of hydrogen-bond acceptors (Lipinski definition) is 3. The van der Waals surface area contributed by atoms with Crippen LogP contribution in [0.15, 0.2) is 29.3 Å². The van der Waals surface area contributed by atoms with Crippen LogP contribution in [0.25, 0.3) is 16.8 Å². The van der Waals surface area contributed by atoms with Crippen LogP contribution in [0, 0.1) is 6.92 Å². The van der Waals surface area contributed by atoms with E-state index in [1.165, 1.54) is 32.0 Å². The lowest BCUT2D eigenvalue weighted by molar-refractivity contribution is -0.137. The highest BCUT2D eigenvalue weighted by Gasteiger charge is 2.35. The summed E-state index contributed by atoms with van der Waals surface area (Å²) < 4.78 is 41.1. The number of nitrogens with zero attached hydrogens (tertiary/aromatic N) is 4. The van der Waals surface area contributed by atoms with Gasteiger partial charge in [0.05, 0.1) is 17.1 Å². The molecule has 1 aliphatic rings. The first-order valence-electron chi connectivity index (χ1n) is 10.9. The number of nitrogens with one attached hydrogen (secondary N) is 2. The van der Waals surface area contributed by atoms with Crippen molar-refractivity contribution in [3.63, 3.8) is 0 Å². The van der Waals surface area contributed by atoms with E-state index in [1.54, 1.807) is 6.92 Å². The van der Waals surface area contributed by atoms with E-state index in [-0.39, 0.29) is 40.9 Å². The first-order chi connectivity index (χ1) is 16.0. The van der Waals surface area contributed by atoms with Crippen molar-refractivity contribution >= 4 is 23.5 Å². The second-order valence-corrected chi connectivity index (χ2v) is 8.40. The summed E-state index contributed by atoms with van der Waals surface area (Å²) in [4.78, 5) is 24.0. The highest BCUT2D eigenvalue weighted by atomic mass is 19.4. The van der Waals surface area contributed by atoms with Crippen molar-refractivity contribution in [1.29, 1.82) is 0 Å². The van der Waals surface area contributed by atoms with E-state index >= 15 is 0 Å². The zero-order valence-electron chi connectivity index (χ0n) is 19.2. The number of alkyl halides is 3. The van der Waals surface area contributed by atoms with Gasteiger partial charge in [-0.1, -0.05) is 18.2 Å². The summed E-state index contributed by atoms with van der Waals surface area (Å²) in [5, 5.41) is 15.7. The molecule has 3 rings (SSSR count). The van der Waals surface area contributed by atoms with Gasteiger partial charge in [-0.2, -0.15) is 13.2 Å². The van der Waals surface area contributed by atoms with Crippen LogP contribution in [0.5, 0.6) is 0 Å². The molecule has 0 atom stereocenters. The van der Waals surface area contributed by atoms with Gasteiger partial charge in [0.1, 0.15) is 0 Å². The van der Waals surface area contributed by atoms with E-state index in [2.05, 4.69) is 25.6 Å². The first kappa shape index (κ1) is 25.1. The molecule has 0 unspecified atom stereocenters. The summed E-state index contributed by atoms with van der Waals surface area (Å²) in [5.74, 6) is -0.550. The van der Waals surface area contributed by atoms with Gasteiger partial charge in [0.25, 0.3) is 0 Å². The molecule has 1 amide bonds. The molecule has 1 aromatic carbocycles. The van der Waals surface area contributed by atoms with Crippen molar-refractivity contribution in [2.75, 3.05) is 5.32 Å². The van der Waals surface area contributed by atoms with E-state index in [1.807, 2.05) is 0 Å². The molecule has 1 fully saturated rings. The quantitative estimate of drug-likeness (QED) is 0.448. The Morgan fingerprint density at radius 1 is 1.15 bits per heavy atom. The molecule has 8 nitrogen and oxygen atoms in total. The van der Waals surface area contributed by atoms with E-state index in [9.17, 15) is 23.4 Å². The van der Waals surface area contributed by atoms with Gasteiger partial charge in [-0.25, -0.2) is 9.97 Å². The number of halogens is 3. The topological polar surface area (TPSA) is 128 Å². The third-order valence-electron chi connectivity index (χ3n) is 5.69. The second kappa shape index (κ2) is 10.2. The van der Waals surface area contributed by atoms with Crippen LogP contribution < -0.4 is 16.4 Å². The molecule has 0 radical (unpaired) electrons. The van der Waals surface area contributed by atoms with Crippen molar-refractivity contribution in [3.8, 4) is 11.4 Å². The van der Waals surface area contributed by atoms with E-state index in [0.717, 1.165) is 18.9 Å². The number of anilines is 1. The number of amidine groups is 1. The molecule has 4 N–H and O–H groups in total. The summed E-state index contributed by atoms with van der Waals surface area (Å²) in [6.07, 6.45) is -1.77. The van der Waals surface area contributed by atoms with Crippen molar-refractivity contribution < 1.29 is 18.0 Å². The fraction of sp³-hybridized carbons (Fsp3) is 0.435. The minimum absolute atomic E-state index is 0.0488. The van der Waals surface area contributed by atoms with Gasteiger partial charge in [-0.15, -0.1) is 0 Å². The van der Waals surface area contributed by atoms with E-state index in [4.69, 9.17) is 5.73 Å². The molecule has 0 saturated heterocycles. The highest BCUT2D eigenvalue weighted by Crippen LogP contribution is 2.39. The Bertz CT molecular complexity index is 1100. The van der Waals surface area contributed by atoms with Gasteiger partial charge < -0.3 is 26.8 Å². The van der Waals surface area contributed by atoms with Crippen LogP contribution >= 0.6 is 0 Å². The molecular weight excluding hydrogens is 447 g/mol. The monoisotopic (exact) mass is 474 g/mol. The Balaban J connectivity index is 2.06. The predicted octanol–water partition coefficient (Wildman–Crippen LogP) is 4.35. The number of hydrogen-bond donors (Lipinski definition) is 3. The lowest BCUT2D eigenvalue weighted by Gasteiger charge is -2.30. The number of aliphatic imine (C=N–C) groups is 1. The van der Waals surface area contributed by atoms with Crippen LogP contribution in [-0.2, 0) is 11.0 Å². The summed E-state index contributed by atoms with van der Waals surface area (Å²) in [6.45, 7) is 4.69. The number of carbonyl (C=O) groups excluding carboxylic acids is 1. The number of benzene rings is 1. The van der Waals surface area contributed by atoms with Gasteiger partial charge in [0.2, 0.25) is 5.91 Å². The third-order valence-corrected chi connectivity index (χ3v) is 5.69. The summed E-state index contributed by atoms with van der Waals surface area (Å²) >= 11 is 0. The molecule has 0 spiro atoms. The normalized spacial score (nSPS) is 18.9. The fourth-order valence-electron chi connectivity index (χ4n) is 4.20. The SMILES string of the molecule is CC(=O)NC1CCC(c2nc(-c3ccccc3C(F)(F)F)nc(NC(=[N-])/N=C(/C)N)c2C)CC1. The number of guanidine groups is 1. The second-order valence-electron chi connectivity index (χ2n) is 8.40. The Morgan fingerprint density at radius 2 is 1.79 bits per heavy atom. The first-order valence-corrected chi connectivity index (χ1v) is 10.9. The zero-order valence-corrected chi connectivity index (χ0v) is 19.2. The molecule has 1 saturated carbocycles. The average Bonchev–Trinajstić information content (AvgIpc) is 2.74. The maximum absolute atomic E-state index is 13.7. The third kappa shape index (κ3) is 6.09. The van der Waals surface area contributed by atoms with Crippen LogP contribution in [-0.4, -0.2) is 33.7 Å². The van der Waals surface area contributed by atoms with Crippen molar-refractivity contribution in [2.45, 2.75) is 64.6 Å². The Morgan fingerprint density at radius 3 is 2.38 bits per heavy atom. The molecule has 182 valence electrons. The number of amides is 1. The summed E-state index contributed by atoms with van der Waals surface area (Å²) in [5.41, 5.74) is 5.67. The number of rotatable bonds is 4. The Kier molecular flexibility index (Phi) is 7.53.